The van der Waals surface area contributed by atoms with Crippen molar-refractivity contribution in [2.75, 3.05) is 45.9 Å². The summed E-state index contributed by atoms with van der Waals surface area (Å²) >= 11 is 0. The summed E-state index contributed by atoms with van der Waals surface area (Å²) in [7, 11) is 0. The SMILES string of the molecule is CCOC[C@@H](O)CN1CCN(C(=O)[C@H](C)CC)CC1. The van der Waals surface area contributed by atoms with Crippen LogP contribution in [0.3, 0.4) is 0 Å². The predicted octanol–water partition coefficient (Wildman–Crippen LogP) is 0.574. The van der Waals surface area contributed by atoms with Gasteiger partial charge in [0.1, 0.15) is 0 Å². The van der Waals surface area contributed by atoms with Gasteiger partial charge in [0.25, 0.3) is 0 Å². The van der Waals surface area contributed by atoms with Crippen LogP contribution in [0.15, 0.2) is 0 Å². The standard InChI is InChI=1S/C14H28N2O3/c1-4-12(3)14(18)16-8-6-15(7-9-16)10-13(17)11-19-5-2/h12-13,17H,4-11H2,1-3H3/t12-,13+/m1/s1. The Bertz CT molecular complexity index is 265. The number of β-amino-alcohol motifs (C(OH)–C–C–N with tert-alkyl or cyclic N) is 1. The van der Waals surface area contributed by atoms with Gasteiger partial charge in [-0.1, -0.05) is 13.8 Å². The van der Waals surface area contributed by atoms with E-state index in [2.05, 4.69) is 4.90 Å². The van der Waals surface area contributed by atoms with E-state index in [1.807, 2.05) is 25.7 Å². The molecule has 1 amide bonds. The Morgan fingerprint density at radius 2 is 1.89 bits per heavy atom. The van der Waals surface area contributed by atoms with Crippen molar-refractivity contribution in [3.8, 4) is 0 Å². The average Bonchev–Trinajstić information content (AvgIpc) is 2.44. The Balaban J connectivity index is 2.27. The second kappa shape index (κ2) is 8.51. The first kappa shape index (κ1) is 16.4. The molecular formula is C14H28N2O3. The summed E-state index contributed by atoms with van der Waals surface area (Å²) in [4.78, 5) is 16.2. The molecule has 5 heteroatoms. The van der Waals surface area contributed by atoms with Crippen molar-refractivity contribution in [1.82, 2.24) is 9.80 Å². The minimum absolute atomic E-state index is 0.120. The Morgan fingerprint density at radius 3 is 2.42 bits per heavy atom. The fraction of sp³-hybridized carbons (Fsp3) is 0.929. The average molecular weight is 272 g/mol. The molecular weight excluding hydrogens is 244 g/mol. The Hall–Kier alpha value is -0.650. The molecule has 1 fully saturated rings. The first-order valence-electron chi connectivity index (χ1n) is 7.35. The molecule has 0 aromatic heterocycles. The second-order valence-electron chi connectivity index (χ2n) is 5.25. The lowest BCUT2D eigenvalue weighted by Gasteiger charge is -2.36. The van der Waals surface area contributed by atoms with Crippen molar-refractivity contribution in [3.63, 3.8) is 0 Å². The Labute approximate surface area is 116 Å². The molecule has 5 nitrogen and oxygen atoms in total. The molecule has 0 aromatic rings. The van der Waals surface area contributed by atoms with Crippen LogP contribution in [0.5, 0.6) is 0 Å². The van der Waals surface area contributed by atoms with Crippen LogP contribution < -0.4 is 0 Å². The Morgan fingerprint density at radius 1 is 1.26 bits per heavy atom. The third-order valence-electron chi connectivity index (χ3n) is 3.70. The van der Waals surface area contributed by atoms with Crippen molar-refractivity contribution in [2.24, 2.45) is 5.92 Å². The number of hydrogen-bond acceptors (Lipinski definition) is 4. The lowest BCUT2D eigenvalue weighted by atomic mass is 10.1. The van der Waals surface area contributed by atoms with Gasteiger partial charge in [-0.3, -0.25) is 9.69 Å². The molecule has 19 heavy (non-hydrogen) atoms. The molecule has 0 unspecified atom stereocenters. The lowest BCUT2D eigenvalue weighted by molar-refractivity contribution is -0.137. The van der Waals surface area contributed by atoms with E-state index in [1.54, 1.807) is 0 Å². The largest absolute Gasteiger partial charge is 0.389 e. The van der Waals surface area contributed by atoms with E-state index in [9.17, 15) is 9.90 Å². The van der Waals surface area contributed by atoms with Gasteiger partial charge in [0, 0.05) is 45.2 Å². The molecule has 1 aliphatic rings. The van der Waals surface area contributed by atoms with Gasteiger partial charge in [-0.15, -0.1) is 0 Å². The number of piperazine rings is 1. The molecule has 0 spiro atoms. The first-order chi connectivity index (χ1) is 9.08. The molecule has 0 bridgehead atoms. The van der Waals surface area contributed by atoms with Crippen LogP contribution in [0.4, 0.5) is 0 Å². The smallest absolute Gasteiger partial charge is 0.225 e. The highest BCUT2D eigenvalue weighted by Crippen LogP contribution is 2.10. The highest BCUT2D eigenvalue weighted by Gasteiger charge is 2.24. The van der Waals surface area contributed by atoms with E-state index >= 15 is 0 Å². The molecule has 0 saturated carbocycles. The van der Waals surface area contributed by atoms with Gasteiger partial charge in [0.2, 0.25) is 5.91 Å². The molecule has 1 N–H and O–H groups in total. The highest BCUT2D eigenvalue weighted by molar-refractivity contribution is 5.78. The monoisotopic (exact) mass is 272 g/mol. The summed E-state index contributed by atoms with van der Waals surface area (Å²) in [6.07, 6.45) is 0.461. The van der Waals surface area contributed by atoms with E-state index in [1.165, 1.54) is 0 Å². The number of hydrogen-bond donors (Lipinski definition) is 1. The van der Waals surface area contributed by atoms with Crippen LogP contribution in [0.25, 0.3) is 0 Å². The maximum Gasteiger partial charge on any atom is 0.225 e. The topological polar surface area (TPSA) is 53.0 Å². The number of nitrogens with zero attached hydrogens (tertiary/aromatic N) is 2. The van der Waals surface area contributed by atoms with Gasteiger partial charge in [-0.25, -0.2) is 0 Å². The van der Waals surface area contributed by atoms with Crippen molar-refractivity contribution in [2.45, 2.75) is 33.3 Å². The summed E-state index contributed by atoms with van der Waals surface area (Å²) in [5.41, 5.74) is 0. The number of rotatable bonds is 7. The zero-order valence-electron chi connectivity index (χ0n) is 12.5. The van der Waals surface area contributed by atoms with E-state index < -0.39 is 6.10 Å². The normalized spacial score (nSPS) is 20.3. The van der Waals surface area contributed by atoms with Gasteiger partial charge in [0.05, 0.1) is 12.7 Å². The molecule has 1 rings (SSSR count). The van der Waals surface area contributed by atoms with Crippen LogP contribution in [0, 0.1) is 5.92 Å². The minimum atomic E-state index is -0.434. The highest BCUT2D eigenvalue weighted by atomic mass is 16.5. The van der Waals surface area contributed by atoms with E-state index in [0.717, 1.165) is 32.6 Å². The summed E-state index contributed by atoms with van der Waals surface area (Å²) in [6.45, 7) is 10.8. The quantitative estimate of drug-likeness (QED) is 0.736. The fourth-order valence-electron chi connectivity index (χ4n) is 2.24. The molecule has 1 aliphatic heterocycles. The molecule has 1 saturated heterocycles. The van der Waals surface area contributed by atoms with Crippen LogP contribution in [-0.2, 0) is 9.53 Å². The van der Waals surface area contributed by atoms with Gasteiger partial charge in [-0.05, 0) is 13.3 Å². The maximum absolute atomic E-state index is 12.0. The van der Waals surface area contributed by atoms with Gasteiger partial charge < -0.3 is 14.7 Å². The third kappa shape index (κ3) is 5.47. The molecule has 0 aromatic carbocycles. The molecule has 0 radical (unpaired) electrons. The van der Waals surface area contributed by atoms with Gasteiger partial charge in [-0.2, -0.15) is 0 Å². The number of ether oxygens (including phenoxy) is 1. The summed E-state index contributed by atoms with van der Waals surface area (Å²) in [5.74, 6) is 0.382. The summed E-state index contributed by atoms with van der Waals surface area (Å²) < 4.78 is 5.20. The molecule has 0 aliphatic carbocycles. The maximum atomic E-state index is 12.0. The zero-order valence-corrected chi connectivity index (χ0v) is 12.5. The van der Waals surface area contributed by atoms with Crippen LogP contribution in [-0.4, -0.2) is 72.9 Å². The van der Waals surface area contributed by atoms with Crippen molar-refractivity contribution in [3.05, 3.63) is 0 Å². The van der Waals surface area contributed by atoms with Crippen molar-refractivity contribution in [1.29, 1.82) is 0 Å². The predicted molar refractivity (Wildman–Crippen MR) is 75.0 cm³/mol. The van der Waals surface area contributed by atoms with Crippen LogP contribution in [0.2, 0.25) is 0 Å². The lowest BCUT2D eigenvalue weighted by Crippen LogP contribution is -2.51. The fourth-order valence-corrected chi connectivity index (χ4v) is 2.24. The summed E-state index contributed by atoms with van der Waals surface area (Å²) in [5, 5.41) is 9.79. The second-order valence-corrected chi connectivity index (χ2v) is 5.25. The third-order valence-corrected chi connectivity index (χ3v) is 3.70. The Kier molecular flexibility index (Phi) is 7.34. The summed E-state index contributed by atoms with van der Waals surface area (Å²) in [6, 6.07) is 0. The van der Waals surface area contributed by atoms with E-state index in [4.69, 9.17) is 4.74 Å². The number of aliphatic hydroxyl groups excluding tert-OH is 1. The number of carbonyl (C=O) groups is 1. The van der Waals surface area contributed by atoms with Crippen molar-refractivity contribution < 1.29 is 14.6 Å². The van der Waals surface area contributed by atoms with Crippen LogP contribution in [0.1, 0.15) is 27.2 Å². The van der Waals surface area contributed by atoms with Gasteiger partial charge in [0.15, 0.2) is 0 Å². The minimum Gasteiger partial charge on any atom is -0.389 e. The van der Waals surface area contributed by atoms with Gasteiger partial charge >= 0.3 is 0 Å². The molecule has 1 heterocycles. The van der Waals surface area contributed by atoms with E-state index in [-0.39, 0.29) is 11.8 Å². The number of carbonyl (C=O) groups excluding carboxylic acids is 1. The van der Waals surface area contributed by atoms with Crippen molar-refractivity contribution >= 4 is 5.91 Å². The zero-order chi connectivity index (χ0) is 14.3. The first-order valence-corrected chi connectivity index (χ1v) is 7.35. The van der Waals surface area contributed by atoms with E-state index in [0.29, 0.717) is 19.8 Å². The van der Waals surface area contributed by atoms with Crippen LogP contribution >= 0.6 is 0 Å². The number of amides is 1. The molecule has 112 valence electrons. The molecule has 2 atom stereocenters. The number of aliphatic hydroxyl groups is 1.